The van der Waals surface area contributed by atoms with Crippen molar-refractivity contribution in [2.24, 2.45) is 0 Å². The summed E-state index contributed by atoms with van der Waals surface area (Å²) >= 11 is 0. The van der Waals surface area contributed by atoms with Gasteiger partial charge in [0.2, 0.25) is 0 Å². The molecule has 0 unspecified atom stereocenters. The quantitative estimate of drug-likeness (QED) is 0.548. The summed E-state index contributed by atoms with van der Waals surface area (Å²) in [5.41, 5.74) is 2.09. The molecule has 1 heterocycles. The molecule has 1 aromatic rings. The maximum absolute atomic E-state index is 12.0. The van der Waals surface area contributed by atoms with Crippen molar-refractivity contribution in [2.75, 3.05) is 7.11 Å². The molecule has 0 amide bonds. The Morgan fingerprint density at radius 3 is 2.56 bits per heavy atom. The minimum absolute atomic E-state index is 0.0118. The van der Waals surface area contributed by atoms with Crippen molar-refractivity contribution in [2.45, 2.75) is 46.3 Å². The number of aromatic hydroxyl groups is 1. The first-order valence-electron chi connectivity index (χ1n) is 8.31. The number of carbonyl (C=O) groups is 3. The number of esters is 2. The van der Waals surface area contributed by atoms with Crippen LogP contribution in [0.5, 0.6) is 11.5 Å². The van der Waals surface area contributed by atoms with Crippen molar-refractivity contribution < 1.29 is 38.8 Å². The summed E-state index contributed by atoms with van der Waals surface area (Å²) in [5.74, 6) is -2.12. The minimum atomic E-state index is -1.02. The molecule has 2 rings (SSSR count). The van der Waals surface area contributed by atoms with E-state index in [-0.39, 0.29) is 30.8 Å². The Kier molecular flexibility index (Phi) is 6.09. The zero-order valence-corrected chi connectivity index (χ0v) is 15.6. The molecular formula is C19H22O8. The predicted octanol–water partition coefficient (Wildman–Crippen LogP) is 2.27. The topological polar surface area (TPSA) is 119 Å². The van der Waals surface area contributed by atoms with Gasteiger partial charge in [-0.2, -0.15) is 0 Å². The van der Waals surface area contributed by atoms with Gasteiger partial charge in [0, 0.05) is 24.5 Å². The number of ether oxygens (including phenoxy) is 3. The summed E-state index contributed by atoms with van der Waals surface area (Å²) in [4.78, 5) is 34.3. The van der Waals surface area contributed by atoms with Crippen LogP contribution < -0.4 is 4.74 Å². The lowest BCUT2D eigenvalue weighted by atomic mass is 9.92. The van der Waals surface area contributed by atoms with Crippen LogP contribution in [-0.2, 0) is 32.1 Å². The molecule has 0 bridgehead atoms. The molecule has 0 aromatic heterocycles. The van der Waals surface area contributed by atoms with Crippen LogP contribution in [0.1, 0.15) is 47.3 Å². The first-order valence-corrected chi connectivity index (χ1v) is 8.31. The van der Waals surface area contributed by atoms with E-state index in [1.807, 2.05) is 0 Å². The number of phenols is 1. The van der Waals surface area contributed by atoms with Crippen LogP contribution in [0, 0.1) is 6.92 Å². The molecule has 0 fully saturated rings. The summed E-state index contributed by atoms with van der Waals surface area (Å²) < 4.78 is 15.7. The highest BCUT2D eigenvalue weighted by molar-refractivity contribution is 5.98. The molecule has 0 spiro atoms. The number of rotatable bonds is 7. The standard InChI is InChI=1S/C19H22O8/c1-9(5-6-15(21)22)14(27-11(3)20)7-12-17(23)16-13(8-26-19(16)24)10(2)18(12)25-4/h5,14,23H,6-8H2,1-4H3,(H,21,22)/b9-5+/t14-/m0/s1. The van der Waals surface area contributed by atoms with Gasteiger partial charge in [0.25, 0.3) is 0 Å². The number of aliphatic carboxylic acids is 1. The van der Waals surface area contributed by atoms with E-state index in [1.165, 1.54) is 20.1 Å². The molecule has 27 heavy (non-hydrogen) atoms. The number of phenolic OH excluding ortho intramolecular Hbond substituents is 1. The zero-order valence-electron chi connectivity index (χ0n) is 15.6. The zero-order chi connectivity index (χ0) is 20.3. The van der Waals surface area contributed by atoms with Gasteiger partial charge >= 0.3 is 17.9 Å². The summed E-state index contributed by atoms with van der Waals surface area (Å²) in [5, 5.41) is 19.5. The molecular weight excluding hydrogens is 356 g/mol. The second kappa shape index (κ2) is 8.11. The first-order chi connectivity index (χ1) is 12.7. The smallest absolute Gasteiger partial charge is 0.342 e. The Labute approximate surface area is 156 Å². The van der Waals surface area contributed by atoms with Crippen molar-refractivity contribution in [3.63, 3.8) is 0 Å². The summed E-state index contributed by atoms with van der Waals surface area (Å²) in [7, 11) is 1.43. The van der Waals surface area contributed by atoms with E-state index in [4.69, 9.17) is 19.3 Å². The molecule has 2 N–H and O–H groups in total. The number of methoxy groups -OCH3 is 1. The fourth-order valence-corrected chi connectivity index (χ4v) is 3.09. The lowest BCUT2D eigenvalue weighted by Gasteiger charge is -2.22. The second-order valence-corrected chi connectivity index (χ2v) is 6.26. The summed E-state index contributed by atoms with van der Waals surface area (Å²) in [6, 6.07) is 0. The molecule has 8 nitrogen and oxygen atoms in total. The van der Waals surface area contributed by atoms with E-state index in [2.05, 4.69) is 0 Å². The van der Waals surface area contributed by atoms with Crippen molar-refractivity contribution in [3.05, 3.63) is 33.9 Å². The molecule has 8 heteroatoms. The first kappa shape index (κ1) is 20.3. The number of carboxylic acids is 1. The van der Waals surface area contributed by atoms with Crippen LogP contribution in [0.2, 0.25) is 0 Å². The number of fused-ring (bicyclic) bond motifs is 1. The van der Waals surface area contributed by atoms with E-state index in [0.717, 1.165) is 0 Å². The van der Waals surface area contributed by atoms with E-state index in [9.17, 15) is 19.5 Å². The molecule has 146 valence electrons. The molecule has 0 saturated heterocycles. The van der Waals surface area contributed by atoms with Gasteiger partial charge in [-0.05, 0) is 25.0 Å². The SMILES string of the molecule is COc1c(C)c2c(c(O)c1C[C@H](OC(C)=O)/C(C)=C/CC(=O)O)C(=O)OC2. The number of hydrogen-bond donors (Lipinski definition) is 2. The number of carbonyl (C=O) groups excluding carboxylic acids is 2. The third-order valence-corrected chi connectivity index (χ3v) is 4.45. The minimum Gasteiger partial charge on any atom is -0.507 e. The van der Waals surface area contributed by atoms with Gasteiger partial charge in [0.1, 0.15) is 29.8 Å². The number of carboxylic acid groups (broad SMARTS) is 1. The third kappa shape index (κ3) is 4.21. The van der Waals surface area contributed by atoms with Crippen molar-refractivity contribution in [1.29, 1.82) is 0 Å². The van der Waals surface area contributed by atoms with Crippen molar-refractivity contribution >= 4 is 17.9 Å². The van der Waals surface area contributed by atoms with Gasteiger partial charge in [-0.3, -0.25) is 9.59 Å². The fraction of sp³-hybridized carbons (Fsp3) is 0.421. The molecule has 1 aliphatic rings. The van der Waals surface area contributed by atoms with Gasteiger partial charge < -0.3 is 24.4 Å². The van der Waals surface area contributed by atoms with E-state index in [1.54, 1.807) is 13.8 Å². The van der Waals surface area contributed by atoms with Crippen molar-refractivity contribution in [1.82, 2.24) is 0 Å². The lowest BCUT2D eigenvalue weighted by molar-refractivity contribution is -0.144. The Bertz CT molecular complexity index is 822. The van der Waals surface area contributed by atoms with Crippen LogP contribution in [-0.4, -0.2) is 41.3 Å². The normalized spacial score (nSPS) is 14.4. The van der Waals surface area contributed by atoms with Crippen LogP contribution in [0.25, 0.3) is 0 Å². The number of hydrogen-bond acceptors (Lipinski definition) is 7. The summed E-state index contributed by atoms with van der Waals surface area (Å²) in [6.07, 6.45) is 0.394. The largest absolute Gasteiger partial charge is 0.507 e. The van der Waals surface area contributed by atoms with Gasteiger partial charge in [0.15, 0.2) is 0 Å². The average Bonchev–Trinajstić information content (AvgIpc) is 2.98. The monoisotopic (exact) mass is 378 g/mol. The average molecular weight is 378 g/mol. The Hall–Kier alpha value is -3.03. The highest BCUT2D eigenvalue weighted by atomic mass is 16.5. The second-order valence-electron chi connectivity index (χ2n) is 6.26. The Morgan fingerprint density at radius 1 is 1.33 bits per heavy atom. The Balaban J connectivity index is 2.51. The summed E-state index contributed by atoms with van der Waals surface area (Å²) in [6.45, 7) is 4.67. The van der Waals surface area contributed by atoms with Crippen LogP contribution in [0.4, 0.5) is 0 Å². The van der Waals surface area contributed by atoms with E-state index in [0.29, 0.717) is 28.0 Å². The maximum atomic E-state index is 12.0. The Morgan fingerprint density at radius 2 is 2.00 bits per heavy atom. The van der Waals surface area contributed by atoms with Gasteiger partial charge in [-0.1, -0.05) is 6.08 Å². The highest BCUT2D eigenvalue weighted by Gasteiger charge is 2.33. The van der Waals surface area contributed by atoms with E-state index >= 15 is 0 Å². The van der Waals surface area contributed by atoms with Crippen molar-refractivity contribution in [3.8, 4) is 11.5 Å². The number of cyclic esters (lactones) is 1. The molecule has 1 aliphatic heterocycles. The molecule has 1 aromatic carbocycles. The molecule has 1 atom stereocenters. The van der Waals surface area contributed by atoms with E-state index < -0.39 is 24.0 Å². The fourth-order valence-electron chi connectivity index (χ4n) is 3.09. The van der Waals surface area contributed by atoms with Crippen LogP contribution in [0.15, 0.2) is 11.6 Å². The van der Waals surface area contributed by atoms with Crippen LogP contribution >= 0.6 is 0 Å². The van der Waals surface area contributed by atoms with Gasteiger partial charge in [-0.15, -0.1) is 0 Å². The third-order valence-electron chi connectivity index (χ3n) is 4.45. The molecule has 0 aliphatic carbocycles. The van der Waals surface area contributed by atoms with Crippen LogP contribution in [0.3, 0.4) is 0 Å². The highest BCUT2D eigenvalue weighted by Crippen LogP contribution is 2.42. The lowest BCUT2D eigenvalue weighted by Crippen LogP contribution is -2.22. The molecule has 0 saturated carbocycles. The van der Waals surface area contributed by atoms with Gasteiger partial charge in [-0.25, -0.2) is 4.79 Å². The number of benzene rings is 1. The predicted molar refractivity (Wildman–Crippen MR) is 93.8 cm³/mol. The molecule has 0 radical (unpaired) electrons. The maximum Gasteiger partial charge on any atom is 0.342 e. The van der Waals surface area contributed by atoms with Gasteiger partial charge in [0.05, 0.1) is 13.5 Å².